The van der Waals surface area contributed by atoms with Crippen molar-refractivity contribution in [1.82, 2.24) is 4.90 Å². The highest BCUT2D eigenvalue weighted by molar-refractivity contribution is 7.99. The number of thioether (sulfide) groups is 1. The average Bonchev–Trinajstić information content (AvgIpc) is 2.43. The van der Waals surface area contributed by atoms with Gasteiger partial charge in [-0.05, 0) is 44.7 Å². The molecule has 0 spiro atoms. The fourth-order valence-corrected chi connectivity index (χ4v) is 2.72. The Hall–Kier alpha value is -0.200. The molecule has 0 bridgehead atoms. The van der Waals surface area contributed by atoms with Crippen LogP contribution in [0.4, 0.5) is 0 Å². The molecule has 0 radical (unpaired) electrons. The van der Waals surface area contributed by atoms with E-state index in [2.05, 4.69) is 18.0 Å². The van der Waals surface area contributed by atoms with Crippen molar-refractivity contribution in [3.05, 3.63) is 0 Å². The Kier molecular flexibility index (Phi) is 4.61. The van der Waals surface area contributed by atoms with Gasteiger partial charge >= 0.3 is 0 Å². The highest BCUT2D eigenvalue weighted by atomic mass is 32.2. The summed E-state index contributed by atoms with van der Waals surface area (Å²) in [5.41, 5.74) is 0. The molecule has 1 saturated heterocycles. The molecule has 74 valence electrons. The zero-order valence-electron chi connectivity index (χ0n) is 8.49. The van der Waals surface area contributed by atoms with Gasteiger partial charge in [0.25, 0.3) is 0 Å². The summed E-state index contributed by atoms with van der Waals surface area (Å²) in [6.07, 6.45) is 3.81. The molecule has 1 aliphatic rings. The molecule has 2 unspecified atom stereocenters. The van der Waals surface area contributed by atoms with E-state index in [0.717, 1.165) is 0 Å². The molecule has 1 aliphatic heterocycles. The molecule has 2 nitrogen and oxygen atoms in total. The Morgan fingerprint density at radius 1 is 1.46 bits per heavy atom. The molecular weight excluding hydrogens is 180 g/mol. The second-order valence-electron chi connectivity index (χ2n) is 3.67. The van der Waals surface area contributed by atoms with Crippen LogP contribution in [0.3, 0.4) is 0 Å². The minimum atomic E-state index is 0.0631. The van der Waals surface area contributed by atoms with Crippen molar-refractivity contribution in [1.29, 1.82) is 5.26 Å². The molecule has 1 fully saturated rings. The second-order valence-corrected chi connectivity index (χ2v) is 4.89. The molecule has 0 aromatic rings. The molecule has 0 aromatic carbocycles. The summed E-state index contributed by atoms with van der Waals surface area (Å²) in [7, 11) is 2.08. The molecule has 0 N–H and O–H groups in total. The van der Waals surface area contributed by atoms with Gasteiger partial charge in [0.2, 0.25) is 0 Å². The third kappa shape index (κ3) is 3.21. The van der Waals surface area contributed by atoms with Gasteiger partial charge in [0.15, 0.2) is 0 Å². The van der Waals surface area contributed by atoms with E-state index in [4.69, 9.17) is 5.26 Å². The number of nitrogens with zero attached hydrogens (tertiary/aromatic N) is 2. The zero-order chi connectivity index (χ0) is 9.68. The smallest absolute Gasteiger partial charge is 0.0949 e. The van der Waals surface area contributed by atoms with Crippen LogP contribution < -0.4 is 0 Å². The Morgan fingerprint density at radius 3 is 2.92 bits per heavy atom. The lowest BCUT2D eigenvalue weighted by molar-refractivity contribution is 0.202. The molecule has 0 aromatic heterocycles. The summed E-state index contributed by atoms with van der Waals surface area (Å²) in [4.78, 5) is 2.23. The van der Waals surface area contributed by atoms with Gasteiger partial charge < -0.3 is 0 Å². The Labute approximate surface area is 85.3 Å². The van der Waals surface area contributed by atoms with Crippen LogP contribution in [-0.4, -0.2) is 35.5 Å². The van der Waals surface area contributed by atoms with Crippen LogP contribution in [0.15, 0.2) is 0 Å². The maximum atomic E-state index is 8.81. The molecule has 0 amide bonds. The number of nitriles is 1. The maximum Gasteiger partial charge on any atom is 0.0949 e. The van der Waals surface area contributed by atoms with Crippen LogP contribution in [-0.2, 0) is 0 Å². The first-order valence-electron chi connectivity index (χ1n) is 4.95. The summed E-state index contributed by atoms with van der Waals surface area (Å²) < 4.78 is 0. The van der Waals surface area contributed by atoms with E-state index in [1.54, 1.807) is 0 Å². The van der Waals surface area contributed by atoms with E-state index in [1.165, 1.54) is 30.8 Å². The van der Waals surface area contributed by atoms with Gasteiger partial charge in [-0.25, -0.2) is 0 Å². The first-order valence-corrected chi connectivity index (χ1v) is 6.10. The fourth-order valence-electron chi connectivity index (χ4n) is 1.70. The molecule has 0 saturated carbocycles. The predicted octanol–water partition coefficient (Wildman–Crippen LogP) is 2.12. The standard InChI is InChI=1S/C10H18N2S/c1-9(8-11)12(2)10-4-3-6-13-7-5-10/h9-10H,3-7H2,1-2H3. The quantitative estimate of drug-likeness (QED) is 0.680. The summed E-state index contributed by atoms with van der Waals surface area (Å²) in [5, 5.41) is 8.81. The third-order valence-corrected chi connectivity index (χ3v) is 3.90. The van der Waals surface area contributed by atoms with Gasteiger partial charge in [0, 0.05) is 6.04 Å². The van der Waals surface area contributed by atoms with Crippen LogP contribution in [0.2, 0.25) is 0 Å². The normalized spacial score (nSPS) is 26.5. The van der Waals surface area contributed by atoms with Gasteiger partial charge in [0.1, 0.15) is 0 Å². The lowest BCUT2D eigenvalue weighted by Crippen LogP contribution is -2.37. The van der Waals surface area contributed by atoms with Crippen LogP contribution in [0.5, 0.6) is 0 Å². The topological polar surface area (TPSA) is 27.0 Å². The Morgan fingerprint density at radius 2 is 2.23 bits per heavy atom. The number of hydrogen-bond acceptors (Lipinski definition) is 3. The lowest BCUT2D eigenvalue weighted by Gasteiger charge is -2.28. The Balaban J connectivity index is 2.44. The first kappa shape index (κ1) is 10.9. The summed E-state index contributed by atoms with van der Waals surface area (Å²) in [5.74, 6) is 2.55. The zero-order valence-corrected chi connectivity index (χ0v) is 9.31. The van der Waals surface area contributed by atoms with Crippen molar-refractivity contribution in [3.8, 4) is 6.07 Å². The van der Waals surface area contributed by atoms with Crippen molar-refractivity contribution in [2.24, 2.45) is 0 Å². The largest absolute Gasteiger partial charge is 0.288 e. The van der Waals surface area contributed by atoms with E-state index >= 15 is 0 Å². The fraction of sp³-hybridized carbons (Fsp3) is 0.900. The summed E-state index contributed by atoms with van der Waals surface area (Å²) in [6, 6.07) is 2.99. The molecule has 1 heterocycles. The third-order valence-electron chi connectivity index (χ3n) is 2.80. The van der Waals surface area contributed by atoms with E-state index in [1.807, 2.05) is 18.7 Å². The highest BCUT2D eigenvalue weighted by Crippen LogP contribution is 2.21. The van der Waals surface area contributed by atoms with Crippen molar-refractivity contribution < 1.29 is 0 Å². The minimum absolute atomic E-state index is 0.0631. The molecule has 1 rings (SSSR count). The second kappa shape index (κ2) is 5.51. The highest BCUT2D eigenvalue weighted by Gasteiger charge is 2.20. The molecule has 13 heavy (non-hydrogen) atoms. The van der Waals surface area contributed by atoms with Crippen molar-refractivity contribution in [3.63, 3.8) is 0 Å². The van der Waals surface area contributed by atoms with Crippen LogP contribution >= 0.6 is 11.8 Å². The van der Waals surface area contributed by atoms with Gasteiger partial charge in [-0.3, -0.25) is 4.90 Å². The summed E-state index contributed by atoms with van der Waals surface area (Å²) >= 11 is 2.05. The van der Waals surface area contributed by atoms with Gasteiger partial charge in [-0.2, -0.15) is 17.0 Å². The van der Waals surface area contributed by atoms with E-state index in [9.17, 15) is 0 Å². The maximum absolute atomic E-state index is 8.81. The van der Waals surface area contributed by atoms with Crippen LogP contribution in [0, 0.1) is 11.3 Å². The molecule has 3 heteroatoms. The van der Waals surface area contributed by atoms with Crippen LogP contribution in [0.25, 0.3) is 0 Å². The molecule has 2 atom stereocenters. The first-order chi connectivity index (χ1) is 6.25. The van der Waals surface area contributed by atoms with Gasteiger partial charge in [0.05, 0.1) is 12.1 Å². The molecule has 0 aliphatic carbocycles. The van der Waals surface area contributed by atoms with E-state index in [-0.39, 0.29) is 6.04 Å². The monoisotopic (exact) mass is 198 g/mol. The Bertz CT molecular complexity index is 180. The van der Waals surface area contributed by atoms with Gasteiger partial charge in [-0.1, -0.05) is 0 Å². The van der Waals surface area contributed by atoms with Crippen LogP contribution in [0.1, 0.15) is 26.2 Å². The average molecular weight is 198 g/mol. The minimum Gasteiger partial charge on any atom is -0.288 e. The van der Waals surface area contributed by atoms with Crippen molar-refractivity contribution >= 4 is 11.8 Å². The summed E-state index contributed by atoms with van der Waals surface area (Å²) in [6.45, 7) is 1.98. The van der Waals surface area contributed by atoms with E-state index in [0.29, 0.717) is 6.04 Å². The number of hydrogen-bond donors (Lipinski definition) is 0. The predicted molar refractivity (Wildman–Crippen MR) is 57.8 cm³/mol. The number of rotatable bonds is 2. The van der Waals surface area contributed by atoms with E-state index < -0.39 is 0 Å². The van der Waals surface area contributed by atoms with Crippen molar-refractivity contribution in [2.45, 2.75) is 38.3 Å². The molecular formula is C10H18N2S. The van der Waals surface area contributed by atoms with Crippen molar-refractivity contribution in [2.75, 3.05) is 18.6 Å². The SMILES string of the molecule is CC(C#N)N(C)C1CCCSCC1. The lowest BCUT2D eigenvalue weighted by atomic mass is 10.1. The van der Waals surface area contributed by atoms with Gasteiger partial charge in [-0.15, -0.1) is 0 Å².